The molecule has 3 heterocycles. The molecule has 1 amide bonds. The predicted octanol–water partition coefficient (Wildman–Crippen LogP) is 6.73. The Morgan fingerprint density at radius 3 is 2.61 bits per heavy atom. The summed E-state index contributed by atoms with van der Waals surface area (Å²) >= 11 is 6.45. The van der Waals surface area contributed by atoms with E-state index < -0.39 is 15.3 Å². The molecule has 1 unspecified atom stereocenters. The lowest BCUT2D eigenvalue weighted by Gasteiger charge is -2.50. The van der Waals surface area contributed by atoms with Crippen LogP contribution in [0.4, 0.5) is 5.69 Å². The average Bonchev–Trinajstić information content (AvgIpc) is 3.18. The van der Waals surface area contributed by atoms with Crippen molar-refractivity contribution in [3.05, 3.63) is 58.1 Å². The smallest absolute Gasteiger partial charge is 0.309 e. The first-order chi connectivity index (χ1) is 21.9. The fourth-order valence-electron chi connectivity index (χ4n) is 9.17. The molecule has 46 heavy (non-hydrogen) atoms. The van der Waals surface area contributed by atoms with Crippen LogP contribution in [0.25, 0.3) is 0 Å². The number of nitrogens with one attached hydrogen (secondary N) is 1. The van der Waals surface area contributed by atoms with Crippen molar-refractivity contribution in [2.45, 2.75) is 94.8 Å². The minimum Gasteiger partial charge on any atom is -0.490 e. The second kappa shape index (κ2) is 11.8. The third-order valence-electron chi connectivity index (χ3n) is 12.1. The molecular formula is C37H47ClN2O5S. The number of ether oxygens (including phenoxy) is 2. The number of halogens is 1. The van der Waals surface area contributed by atoms with Crippen LogP contribution in [0.2, 0.25) is 5.02 Å². The first-order valence-corrected chi connectivity index (χ1v) is 19.3. The van der Waals surface area contributed by atoms with Crippen molar-refractivity contribution in [2.24, 2.45) is 23.7 Å². The van der Waals surface area contributed by atoms with Crippen LogP contribution < -0.4 is 14.4 Å². The van der Waals surface area contributed by atoms with Crippen molar-refractivity contribution in [2.75, 3.05) is 24.6 Å². The van der Waals surface area contributed by atoms with Crippen LogP contribution in [0, 0.1) is 23.7 Å². The van der Waals surface area contributed by atoms with Crippen LogP contribution in [0.3, 0.4) is 0 Å². The Morgan fingerprint density at radius 1 is 1.04 bits per heavy atom. The number of hydrogen-bond donors (Lipinski definition) is 1. The Labute approximate surface area is 278 Å². The van der Waals surface area contributed by atoms with E-state index in [1.807, 2.05) is 32.0 Å². The van der Waals surface area contributed by atoms with E-state index in [9.17, 15) is 13.8 Å². The molecule has 0 aromatic heterocycles. The van der Waals surface area contributed by atoms with Crippen molar-refractivity contribution in [3.8, 4) is 5.75 Å². The number of benzene rings is 2. The van der Waals surface area contributed by atoms with Crippen LogP contribution >= 0.6 is 11.6 Å². The molecule has 248 valence electrons. The van der Waals surface area contributed by atoms with Crippen LogP contribution in [-0.2, 0) is 31.1 Å². The van der Waals surface area contributed by atoms with Gasteiger partial charge in [-0.2, -0.15) is 0 Å². The number of amides is 1. The molecule has 2 aromatic carbocycles. The largest absolute Gasteiger partial charge is 0.490 e. The van der Waals surface area contributed by atoms with E-state index in [0.29, 0.717) is 18.1 Å². The predicted molar refractivity (Wildman–Crippen MR) is 184 cm³/mol. The van der Waals surface area contributed by atoms with Gasteiger partial charge in [-0.05, 0) is 117 Å². The number of aryl methyl sites for hydroxylation is 1. The number of nitrogens with zero attached hydrogens (tertiary/aromatic N) is 1. The lowest BCUT2D eigenvalue weighted by molar-refractivity contribution is -0.162. The highest BCUT2D eigenvalue weighted by Gasteiger charge is 2.55. The Morgan fingerprint density at radius 2 is 1.87 bits per heavy atom. The van der Waals surface area contributed by atoms with E-state index in [-0.39, 0.29) is 40.3 Å². The Hall–Kier alpha value is -2.71. The van der Waals surface area contributed by atoms with E-state index in [4.69, 9.17) is 21.1 Å². The summed E-state index contributed by atoms with van der Waals surface area (Å²) in [5, 5.41) is 0.435. The van der Waals surface area contributed by atoms with Crippen molar-refractivity contribution < 1.29 is 23.3 Å². The Balaban J connectivity index is 1.32. The normalized spacial score (nSPS) is 37.7. The Kier molecular flexibility index (Phi) is 8.15. The minimum absolute atomic E-state index is 0.0716. The number of fused-ring (bicyclic) bond motifs is 5. The molecule has 2 fully saturated rings. The van der Waals surface area contributed by atoms with Crippen LogP contribution in [0.15, 0.2) is 36.4 Å². The number of esters is 1. The van der Waals surface area contributed by atoms with Gasteiger partial charge in [-0.15, -0.1) is 0 Å². The molecule has 2 aromatic rings. The van der Waals surface area contributed by atoms with Gasteiger partial charge in [-0.25, -0.2) is 4.21 Å². The number of carbonyl (C=O) groups is 2. The molecule has 9 heteroatoms. The summed E-state index contributed by atoms with van der Waals surface area (Å²) in [6.45, 7) is 8.05. The third kappa shape index (κ3) is 5.51. The zero-order chi connectivity index (χ0) is 32.4. The highest BCUT2D eigenvalue weighted by Crippen LogP contribution is 2.53. The van der Waals surface area contributed by atoms with E-state index in [1.54, 1.807) is 6.07 Å². The van der Waals surface area contributed by atoms with Gasteiger partial charge in [0.2, 0.25) is 0 Å². The van der Waals surface area contributed by atoms with Crippen LogP contribution in [0.5, 0.6) is 5.75 Å². The summed E-state index contributed by atoms with van der Waals surface area (Å²) in [7, 11) is -2.93. The minimum atomic E-state index is -2.93. The van der Waals surface area contributed by atoms with Crippen molar-refractivity contribution in [1.82, 2.24) is 4.72 Å². The van der Waals surface area contributed by atoms with Gasteiger partial charge in [-0.3, -0.25) is 14.3 Å². The molecule has 1 saturated heterocycles. The van der Waals surface area contributed by atoms with Gasteiger partial charge in [-0.1, -0.05) is 31.5 Å². The average molecular weight is 667 g/mol. The maximum absolute atomic E-state index is 13.8. The fourth-order valence-corrected chi connectivity index (χ4v) is 10.9. The number of rotatable bonds is 0. The number of hydrogen-bond acceptors (Lipinski definition) is 6. The Bertz CT molecular complexity index is 1660. The van der Waals surface area contributed by atoms with E-state index in [1.165, 1.54) is 11.1 Å². The molecule has 8 atom stereocenters. The number of anilines is 1. The standard InChI is InChI=1S/C37H47ClN2O5S/c1-23-7-5-16-37(19-24(2)35(42)45-37)31-12-9-28(31)20-40-21-36(15-6-8-26-17-29(38)11-13-30(26)36)22-44-33-14-10-27(18-32(33)40)34(41)39-46(4,43)25(23)3/h10-11,13-14,17-18,23-25,28,31H,4-9,12,15-16,19-22H2,1-3H3,(H,39,41,43)/t23-,24-,25+,28-,31+,36-,37-,46?/m0/s1. The van der Waals surface area contributed by atoms with E-state index in [0.717, 1.165) is 87.3 Å². The second-order valence-electron chi connectivity index (χ2n) is 15.1. The molecule has 1 saturated carbocycles. The van der Waals surface area contributed by atoms with Gasteiger partial charge in [0.15, 0.2) is 0 Å². The maximum atomic E-state index is 13.8. The molecule has 5 aliphatic rings. The molecule has 2 spiro atoms. The molecule has 7 rings (SSSR count). The summed E-state index contributed by atoms with van der Waals surface area (Å²) in [6.07, 6.45) is 8.38. The zero-order valence-corrected chi connectivity index (χ0v) is 28.9. The molecule has 2 bridgehead atoms. The summed E-state index contributed by atoms with van der Waals surface area (Å²) in [5.74, 6) is 4.88. The number of carbonyl (C=O) groups excluding carboxylic acids is 2. The molecule has 3 aliphatic heterocycles. The highest BCUT2D eigenvalue weighted by atomic mass is 35.5. The first-order valence-electron chi connectivity index (χ1n) is 17.1. The zero-order valence-electron chi connectivity index (χ0n) is 27.3. The van der Waals surface area contributed by atoms with E-state index >= 15 is 0 Å². The maximum Gasteiger partial charge on any atom is 0.309 e. The topological polar surface area (TPSA) is 84.9 Å². The summed E-state index contributed by atoms with van der Waals surface area (Å²) in [6, 6.07) is 11.8. The van der Waals surface area contributed by atoms with Crippen molar-refractivity contribution >= 4 is 44.7 Å². The van der Waals surface area contributed by atoms with Gasteiger partial charge in [0, 0.05) is 46.7 Å². The SMILES string of the molecule is C=S1(=O)NC(=O)c2ccc3c(c2)N(C[C@@H]2CC[C@H]2[C@]2(CCC[C@H](C)[C@H]1C)C[C@H](C)C(=O)O2)C[C@@]1(CCCc2cc(Cl)ccc21)CO3. The quantitative estimate of drug-likeness (QED) is 0.248. The van der Waals surface area contributed by atoms with Crippen molar-refractivity contribution in [1.29, 1.82) is 0 Å². The molecule has 1 N–H and O–H groups in total. The summed E-state index contributed by atoms with van der Waals surface area (Å²) < 4.78 is 29.7. The molecule has 2 aliphatic carbocycles. The lowest BCUT2D eigenvalue weighted by atomic mass is 9.61. The van der Waals surface area contributed by atoms with Crippen LogP contribution in [0.1, 0.15) is 93.6 Å². The summed E-state index contributed by atoms with van der Waals surface area (Å²) in [5.41, 5.74) is 3.19. The molecule has 0 radical (unpaired) electrons. The van der Waals surface area contributed by atoms with Gasteiger partial charge < -0.3 is 14.4 Å². The van der Waals surface area contributed by atoms with Gasteiger partial charge >= 0.3 is 5.97 Å². The fraction of sp³-hybridized carbons (Fsp3) is 0.595. The first kappa shape index (κ1) is 31.9. The lowest BCUT2D eigenvalue weighted by Crippen LogP contribution is -2.53. The summed E-state index contributed by atoms with van der Waals surface area (Å²) in [4.78, 5) is 29.0. The third-order valence-corrected chi connectivity index (χ3v) is 14.6. The molecular weight excluding hydrogens is 620 g/mol. The van der Waals surface area contributed by atoms with Gasteiger partial charge in [0.1, 0.15) is 11.4 Å². The van der Waals surface area contributed by atoms with Gasteiger partial charge in [0.25, 0.3) is 5.91 Å². The van der Waals surface area contributed by atoms with Crippen LogP contribution in [-0.4, -0.2) is 52.5 Å². The highest BCUT2D eigenvalue weighted by molar-refractivity contribution is 7.99. The van der Waals surface area contributed by atoms with E-state index in [2.05, 4.69) is 34.5 Å². The molecule has 7 nitrogen and oxygen atoms in total. The van der Waals surface area contributed by atoms with Crippen molar-refractivity contribution in [3.63, 3.8) is 0 Å². The van der Waals surface area contributed by atoms with Gasteiger partial charge in [0.05, 0.1) is 27.9 Å². The monoisotopic (exact) mass is 666 g/mol. The second-order valence-corrected chi connectivity index (χ2v) is 17.9.